The molecule has 1 amide bonds. The molecule has 1 saturated heterocycles. The number of nitrogens with zero attached hydrogens (tertiary/aromatic N) is 1. The lowest BCUT2D eigenvalue weighted by molar-refractivity contribution is -0.121. The highest BCUT2D eigenvalue weighted by atomic mass is 32.2. The van der Waals surface area contributed by atoms with Gasteiger partial charge in [-0.1, -0.05) is 12.1 Å². The van der Waals surface area contributed by atoms with Crippen molar-refractivity contribution in [3.05, 3.63) is 35.6 Å². The van der Waals surface area contributed by atoms with E-state index in [1.165, 1.54) is 30.5 Å². The van der Waals surface area contributed by atoms with Crippen LogP contribution in [0, 0.1) is 11.7 Å². The molecule has 1 fully saturated rings. The zero-order chi connectivity index (χ0) is 14.6. The Morgan fingerprint density at radius 2 is 2.10 bits per heavy atom. The molecule has 0 spiro atoms. The summed E-state index contributed by atoms with van der Waals surface area (Å²) in [6, 6.07) is 5.67. The maximum absolute atomic E-state index is 12.7. The zero-order valence-electron chi connectivity index (χ0n) is 10.8. The van der Waals surface area contributed by atoms with Crippen LogP contribution in [0.3, 0.4) is 0 Å². The number of benzene rings is 1. The molecule has 1 atom stereocenters. The van der Waals surface area contributed by atoms with E-state index in [4.69, 9.17) is 0 Å². The predicted octanol–water partition coefficient (Wildman–Crippen LogP) is 1.10. The molecule has 0 radical (unpaired) electrons. The second-order valence-corrected chi connectivity index (χ2v) is 7.05. The largest absolute Gasteiger partial charge is 0.273 e. The lowest BCUT2D eigenvalue weighted by Crippen LogP contribution is -2.21. The Balaban J connectivity index is 1.79. The molecule has 1 N–H and O–H groups in total. The van der Waals surface area contributed by atoms with Gasteiger partial charge in [-0.05, 0) is 30.0 Å². The van der Waals surface area contributed by atoms with Crippen molar-refractivity contribution in [2.75, 3.05) is 11.5 Å². The SMILES string of the molecule is O=C(C[C@H]1CCS(=O)(=O)C1)N/N=C\c1ccc(F)cc1. The fourth-order valence-corrected chi connectivity index (χ4v) is 3.93. The van der Waals surface area contributed by atoms with Crippen LogP contribution in [0.15, 0.2) is 29.4 Å². The average Bonchev–Trinajstić information content (AvgIpc) is 2.71. The second-order valence-electron chi connectivity index (χ2n) is 4.82. The van der Waals surface area contributed by atoms with Crippen molar-refractivity contribution in [2.24, 2.45) is 11.0 Å². The van der Waals surface area contributed by atoms with Gasteiger partial charge in [0.1, 0.15) is 5.82 Å². The smallest absolute Gasteiger partial charge is 0.240 e. The van der Waals surface area contributed by atoms with Crippen molar-refractivity contribution >= 4 is 22.0 Å². The highest BCUT2D eigenvalue weighted by molar-refractivity contribution is 7.91. The summed E-state index contributed by atoms with van der Waals surface area (Å²) >= 11 is 0. The lowest BCUT2D eigenvalue weighted by Gasteiger charge is -2.05. The molecule has 20 heavy (non-hydrogen) atoms. The first-order valence-electron chi connectivity index (χ1n) is 6.22. The van der Waals surface area contributed by atoms with E-state index in [1.807, 2.05) is 0 Å². The standard InChI is InChI=1S/C13H15FN2O3S/c14-12-3-1-10(2-4-12)8-15-16-13(17)7-11-5-6-20(18,19)9-11/h1-4,8,11H,5-7,9H2,(H,16,17)/b15-8-/t11-/m1/s1. The van der Waals surface area contributed by atoms with Crippen LogP contribution in [-0.2, 0) is 14.6 Å². The molecule has 1 aromatic carbocycles. The number of hydrogen-bond acceptors (Lipinski definition) is 4. The Morgan fingerprint density at radius 3 is 2.70 bits per heavy atom. The first-order valence-corrected chi connectivity index (χ1v) is 8.05. The van der Waals surface area contributed by atoms with Gasteiger partial charge in [0.15, 0.2) is 9.84 Å². The van der Waals surface area contributed by atoms with Crippen molar-refractivity contribution in [1.82, 2.24) is 5.43 Å². The van der Waals surface area contributed by atoms with Crippen molar-refractivity contribution in [3.8, 4) is 0 Å². The molecule has 1 aliphatic rings. The van der Waals surface area contributed by atoms with Crippen LogP contribution in [-0.4, -0.2) is 32.0 Å². The fraction of sp³-hybridized carbons (Fsp3) is 0.385. The van der Waals surface area contributed by atoms with E-state index in [0.717, 1.165) is 0 Å². The zero-order valence-corrected chi connectivity index (χ0v) is 11.6. The first kappa shape index (κ1) is 14.6. The van der Waals surface area contributed by atoms with Gasteiger partial charge in [-0.15, -0.1) is 0 Å². The molecule has 1 heterocycles. The van der Waals surface area contributed by atoms with Crippen LogP contribution in [0.2, 0.25) is 0 Å². The van der Waals surface area contributed by atoms with Gasteiger partial charge in [0.25, 0.3) is 0 Å². The Bertz CT molecular complexity index is 611. The first-order chi connectivity index (χ1) is 9.44. The molecule has 5 nitrogen and oxygen atoms in total. The van der Waals surface area contributed by atoms with Gasteiger partial charge in [-0.25, -0.2) is 18.2 Å². The summed E-state index contributed by atoms with van der Waals surface area (Å²) in [5.41, 5.74) is 3.00. The minimum atomic E-state index is -2.96. The summed E-state index contributed by atoms with van der Waals surface area (Å²) in [7, 11) is -2.96. The molecule has 2 rings (SSSR count). The molecular weight excluding hydrogens is 283 g/mol. The van der Waals surface area contributed by atoms with Crippen LogP contribution in [0.5, 0.6) is 0 Å². The van der Waals surface area contributed by atoms with E-state index in [-0.39, 0.29) is 35.6 Å². The molecule has 108 valence electrons. The van der Waals surface area contributed by atoms with Gasteiger partial charge in [0.05, 0.1) is 17.7 Å². The summed E-state index contributed by atoms with van der Waals surface area (Å²) in [5.74, 6) is -0.550. The summed E-state index contributed by atoms with van der Waals surface area (Å²) in [5, 5.41) is 3.75. The number of carbonyl (C=O) groups excluding carboxylic acids is 1. The highest BCUT2D eigenvalue weighted by Gasteiger charge is 2.29. The van der Waals surface area contributed by atoms with Gasteiger partial charge < -0.3 is 0 Å². The van der Waals surface area contributed by atoms with Gasteiger partial charge in [0, 0.05) is 6.42 Å². The minimum absolute atomic E-state index is 0.0715. The van der Waals surface area contributed by atoms with Crippen molar-refractivity contribution in [2.45, 2.75) is 12.8 Å². The van der Waals surface area contributed by atoms with Gasteiger partial charge in [-0.3, -0.25) is 4.79 Å². The fourth-order valence-electron chi connectivity index (χ4n) is 2.07. The van der Waals surface area contributed by atoms with Gasteiger partial charge in [0.2, 0.25) is 5.91 Å². The predicted molar refractivity (Wildman–Crippen MR) is 73.5 cm³/mol. The molecule has 0 aromatic heterocycles. The molecular formula is C13H15FN2O3S. The molecule has 0 unspecified atom stereocenters. The third kappa shape index (κ3) is 4.41. The number of halogens is 1. The number of amides is 1. The highest BCUT2D eigenvalue weighted by Crippen LogP contribution is 2.21. The molecule has 7 heteroatoms. The number of rotatable bonds is 4. The van der Waals surface area contributed by atoms with Crippen molar-refractivity contribution in [3.63, 3.8) is 0 Å². The summed E-state index contributed by atoms with van der Waals surface area (Å²) in [4.78, 5) is 11.6. The quantitative estimate of drug-likeness (QED) is 0.668. The number of sulfone groups is 1. The Morgan fingerprint density at radius 1 is 1.40 bits per heavy atom. The van der Waals surface area contributed by atoms with Crippen LogP contribution < -0.4 is 5.43 Å². The number of hydrogen-bond donors (Lipinski definition) is 1. The number of carbonyl (C=O) groups is 1. The normalized spacial score (nSPS) is 21.1. The Kier molecular flexibility index (Phi) is 4.49. The Labute approximate surface area is 116 Å². The minimum Gasteiger partial charge on any atom is -0.273 e. The van der Waals surface area contributed by atoms with Crippen LogP contribution >= 0.6 is 0 Å². The van der Waals surface area contributed by atoms with Gasteiger partial charge in [-0.2, -0.15) is 5.10 Å². The van der Waals surface area contributed by atoms with E-state index in [9.17, 15) is 17.6 Å². The summed E-state index contributed by atoms with van der Waals surface area (Å²) in [6.07, 6.45) is 2.08. The third-order valence-corrected chi connectivity index (χ3v) is 4.91. The molecule has 1 aromatic rings. The van der Waals surface area contributed by atoms with E-state index in [1.54, 1.807) is 0 Å². The third-order valence-electron chi connectivity index (χ3n) is 3.07. The topological polar surface area (TPSA) is 75.6 Å². The molecule has 0 aliphatic carbocycles. The van der Waals surface area contributed by atoms with Crippen molar-refractivity contribution < 1.29 is 17.6 Å². The Hall–Kier alpha value is -1.76. The van der Waals surface area contributed by atoms with Crippen molar-refractivity contribution in [1.29, 1.82) is 0 Å². The molecule has 1 aliphatic heterocycles. The lowest BCUT2D eigenvalue weighted by atomic mass is 10.1. The maximum atomic E-state index is 12.7. The molecule has 0 saturated carbocycles. The van der Waals surface area contributed by atoms with E-state index >= 15 is 0 Å². The average molecular weight is 298 g/mol. The summed E-state index contributed by atoms with van der Waals surface area (Å²) < 4.78 is 35.2. The number of hydrazone groups is 1. The summed E-state index contributed by atoms with van der Waals surface area (Å²) in [6.45, 7) is 0. The van der Waals surface area contributed by atoms with Crippen LogP contribution in [0.25, 0.3) is 0 Å². The van der Waals surface area contributed by atoms with Crippen LogP contribution in [0.4, 0.5) is 4.39 Å². The second kappa shape index (κ2) is 6.13. The monoisotopic (exact) mass is 298 g/mol. The maximum Gasteiger partial charge on any atom is 0.240 e. The van der Waals surface area contributed by atoms with Crippen LogP contribution in [0.1, 0.15) is 18.4 Å². The van der Waals surface area contributed by atoms with E-state index in [2.05, 4.69) is 10.5 Å². The van der Waals surface area contributed by atoms with E-state index < -0.39 is 9.84 Å². The molecule has 0 bridgehead atoms. The van der Waals surface area contributed by atoms with E-state index in [0.29, 0.717) is 12.0 Å². The number of nitrogens with one attached hydrogen (secondary N) is 1. The van der Waals surface area contributed by atoms with Gasteiger partial charge >= 0.3 is 0 Å².